The molecule has 0 saturated carbocycles. The van der Waals surface area contributed by atoms with Crippen molar-refractivity contribution in [2.45, 2.75) is 43.3 Å². The van der Waals surface area contributed by atoms with E-state index in [1.54, 1.807) is 0 Å². The van der Waals surface area contributed by atoms with Gasteiger partial charge in [-0.05, 0) is 25.7 Å². The number of hydrogen-bond donors (Lipinski definition) is 3. The number of piperidine rings is 1. The van der Waals surface area contributed by atoms with Gasteiger partial charge in [0.1, 0.15) is 5.54 Å². The normalized spacial score (nSPS) is 45.4. The lowest BCUT2D eigenvalue weighted by atomic mass is 9.84. The van der Waals surface area contributed by atoms with Crippen LogP contribution in [0.3, 0.4) is 0 Å². The molecule has 0 aromatic carbocycles. The standard InChI is InChI=1S/C9H13N3O2/c13-7-9(12-8(14)11-7)3-5-1-2-6(4-9)10-5/h5-6,10H,1-4H2,(H2,11,12,13,14)/t5-,6?,9?/m0/s1. The molecule has 3 rings (SSSR count). The van der Waals surface area contributed by atoms with E-state index in [4.69, 9.17) is 0 Å². The molecule has 2 unspecified atom stereocenters. The Morgan fingerprint density at radius 1 is 1.14 bits per heavy atom. The molecular weight excluding hydrogens is 182 g/mol. The van der Waals surface area contributed by atoms with Crippen molar-refractivity contribution in [1.29, 1.82) is 0 Å². The van der Waals surface area contributed by atoms with E-state index >= 15 is 0 Å². The number of urea groups is 1. The fraction of sp³-hybridized carbons (Fsp3) is 0.778. The van der Waals surface area contributed by atoms with Crippen molar-refractivity contribution < 1.29 is 9.59 Å². The maximum absolute atomic E-state index is 11.7. The average Bonchev–Trinajstić information content (AvgIpc) is 2.56. The highest BCUT2D eigenvalue weighted by atomic mass is 16.2. The molecule has 0 radical (unpaired) electrons. The topological polar surface area (TPSA) is 70.2 Å². The maximum atomic E-state index is 11.7. The van der Waals surface area contributed by atoms with Crippen molar-refractivity contribution in [2.24, 2.45) is 0 Å². The van der Waals surface area contributed by atoms with Gasteiger partial charge in [-0.15, -0.1) is 0 Å². The third-order valence-corrected chi connectivity index (χ3v) is 3.54. The van der Waals surface area contributed by atoms with Gasteiger partial charge in [-0.25, -0.2) is 4.79 Å². The van der Waals surface area contributed by atoms with Crippen LogP contribution < -0.4 is 16.0 Å². The largest absolute Gasteiger partial charge is 0.323 e. The minimum Gasteiger partial charge on any atom is -0.323 e. The van der Waals surface area contributed by atoms with Crippen molar-refractivity contribution in [3.8, 4) is 0 Å². The van der Waals surface area contributed by atoms with E-state index in [1.807, 2.05) is 0 Å². The predicted octanol–water partition coefficient (Wildman–Crippen LogP) is -0.521. The van der Waals surface area contributed by atoms with Gasteiger partial charge in [0.05, 0.1) is 0 Å². The number of carbonyl (C=O) groups excluding carboxylic acids is 2. The van der Waals surface area contributed by atoms with Gasteiger partial charge in [0, 0.05) is 12.1 Å². The van der Waals surface area contributed by atoms with Crippen LogP contribution in [0.4, 0.5) is 4.79 Å². The number of amides is 3. The van der Waals surface area contributed by atoms with Crippen LogP contribution in [0.15, 0.2) is 0 Å². The Morgan fingerprint density at radius 2 is 1.79 bits per heavy atom. The van der Waals surface area contributed by atoms with Gasteiger partial charge >= 0.3 is 6.03 Å². The number of imide groups is 1. The highest BCUT2D eigenvalue weighted by Crippen LogP contribution is 2.35. The highest BCUT2D eigenvalue weighted by molar-refractivity contribution is 6.07. The van der Waals surface area contributed by atoms with Gasteiger partial charge in [0.25, 0.3) is 5.91 Å². The molecule has 3 aliphatic heterocycles. The van der Waals surface area contributed by atoms with Crippen molar-refractivity contribution in [2.75, 3.05) is 0 Å². The number of nitrogens with one attached hydrogen (secondary N) is 3. The molecule has 3 fully saturated rings. The quantitative estimate of drug-likeness (QED) is 0.455. The molecule has 0 aromatic rings. The molecule has 2 bridgehead atoms. The summed E-state index contributed by atoms with van der Waals surface area (Å²) in [5.74, 6) is -0.138. The van der Waals surface area contributed by atoms with Crippen LogP contribution in [0.25, 0.3) is 0 Å². The molecule has 3 N–H and O–H groups in total. The van der Waals surface area contributed by atoms with E-state index in [0.29, 0.717) is 12.1 Å². The summed E-state index contributed by atoms with van der Waals surface area (Å²) in [6, 6.07) is 0.465. The van der Waals surface area contributed by atoms with Crippen LogP contribution in [0.2, 0.25) is 0 Å². The van der Waals surface area contributed by atoms with E-state index in [9.17, 15) is 9.59 Å². The van der Waals surface area contributed by atoms with E-state index in [0.717, 1.165) is 25.7 Å². The highest BCUT2D eigenvalue weighted by Gasteiger charge is 2.53. The van der Waals surface area contributed by atoms with Crippen LogP contribution in [-0.4, -0.2) is 29.6 Å². The molecule has 0 aromatic heterocycles. The first-order valence-corrected chi connectivity index (χ1v) is 5.08. The minimum absolute atomic E-state index is 0.138. The molecule has 5 nitrogen and oxygen atoms in total. The summed E-state index contributed by atoms with van der Waals surface area (Å²) < 4.78 is 0. The lowest BCUT2D eigenvalue weighted by Gasteiger charge is -2.35. The lowest BCUT2D eigenvalue weighted by molar-refractivity contribution is -0.125. The number of fused-ring (bicyclic) bond motifs is 2. The predicted molar refractivity (Wildman–Crippen MR) is 48.6 cm³/mol. The van der Waals surface area contributed by atoms with Gasteiger partial charge in [0.15, 0.2) is 0 Å². The van der Waals surface area contributed by atoms with E-state index in [2.05, 4.69) is 16.0 Å². The Morgan fingerprint density at radius 3 is 2.29 bits per heavy atom. The summed E-state index contributed by atoms with van der Waals surface area (Å²) in [4.78, 5) is 22.8. The molecule has 0 aliphatic carbocycles. The first-order chi connectivity index (χ1) is 6.68. The average molecular weight is 195 g/mol. The molecule has 3 saturated heterocycles. The molecule has 1 spiro atoms. The Hall–Kier alpha value is -1.10. The zero-order valence-electron chi connectivity index (χ0n) is 7.80. The Labute approximate surface area is 81.6 Å². The summed E-state index contributed by atoms with van der Waals surface area (Å²) in [5.41, 5.74) is -0.603. The zero-order valence-corrected chi connectivity index (χ0v) is 7.80. The number of hydrogen-bond acceptors (Lipinski definition) is 3. The van der Waals surface area contributed by atoms with Crippen LogP contribution >= 0.6 is 0 Å². The van der Waals surface area contributed by atoms with Gasteiger partial charge < -0.3 is 10.6 Å². The summed E-state index contributed by atoms with van der Waals surface area (Å²) in [6.07, 6.45) is 3.72. The summed E-state index contributed by atoms with van der Waals surface area (Å²) in [6.45, 7) is 0. The first-order valence-electron chi connectivity index (χ1n) is 5.08. The van der Waals surface area contributed by atoms with Crippen LogP contribution in [0.1, 0.15) is 25.7 Å². The summed E-state index contributed by atoms with van der Waals surface area (Å²) in [7, 11) is 0. The monoisotopic (exact) mass is 195 g/mol. The molecule has 14 heavy (non-hydrogen) atoms. The Kier molecular flexibility index (Phi) is 1.45. The van der Waals surface area contributed by atoms with Crippen molar-refractivity contribution in [3.05, 3.63) is 0 Å². The minimum atomic E-state index is -0.603. The first kappa shape index (κ1) is 8.23. The van der Waals surface area contributed by atoms with Crippen LogP contribution in [-0.2, 0) is 4.79 Å². The second kappa shape index (κ2) is 2.48. The SMILES string of the molecule is O=C1NC(=O)C2(CC3CC[C@@H](C2)N3)N1. The fourth-order valence-corrected chi connectivity index (χ4v) is 2.96. The summed E-state index contributed by atoms with van der Waals surface area (Å²) in [5, 5.41) is 8.56. The Bertz CT molecular complexity index is 303. The third kappa shape index (κ3) is 0.987. The van der Waals surface area contributed by atoms with Crippen molar-refractivity contribution in [1.82, 2.24) is 16.0 Å². The molecule has 3 aliphatic rings. The maximum Gasteiger partial charge on any atom is 0.322 e. The third-order valence-electron chi connectivity index (χ3n) is 3.54. The zero-order chi connectivity index (χ0) is 9.76. The van der Waals surface area contributed by atoms with Gasteiger partial charge in [-0.3, -0.25) is 10.1 Å². The number of carbonyl (C=O) groups is 2. The van der Waals surface area contributed by atoms with E-state index in [-0.39, 0.29) is 11.9 Å². The fourth-order valence-electron chi connectivity index (χ4n) is 2.96. The van der Waals surface area contributed by atoms with Crippen LogP contribution in [0.5, 0.6) is 0 Å². The van der Waals surface area contributed by atoms with E-state index < -0.39 is 5.54 Å². The Balaban J connectivity index is 1.90. The molecular formula is C9H13N3O2. The molecule has 3 heterocycles. The van der Waals surface area contributed by atoms with E-state index in [1.165, 1.54) is 0 Å². The van der Waals surface area contributed by atoms with Gasteiger partial charge in [-0.1, -0.05) is 0 Å². The lowest BCUT2D eigenvalue weighted by Crippen LogP contribution is -2.57. The second-order valence-electron chi connectivity index (χ2n) is 4.54. The van der Waals surface area contributed by atoms with Crippen molar-refractivity contribution >= 4 is 11.9 Å². The van der Waals surface area contributed by atoms with Crippen LogP contribution in [0, 0.1) is 0 Å². The number of rotatable bonds is 0. The van der Waals surface area contributed by atoms with Crippen molar-refractivity contribution in [3.63, 3.8) is 0 Å². The molecule has 76 valence electrons. The second-order valence-corrected chi connectivity index (χ2v) is 4.54. The summed E-state index contributed by atoms with van der Waals surface area (Å²) >= 11 is 0. The smallest absolute Gasteiger partial charge is 0.322 e. The van der Waals surface area contributed by atoms with Gasteiger partial charge in [-0.2, -0.15) is 0 Å². The molecule has 3 amide bonds. The molecule has 3 atom stereocenters. The molecule has 5 heteroatoms. The van der Waals surface area contributed by atoms with Gasteiger partial charge in [0.2, 0.25) is 0 Å².